The lowest BCUT2D eigenvalue weighted by atomic mass is 9.41. The lowest BCUT2D eigenvalue weighted by Crippen LogP contribution is -2.60. The Kier molecular flexibility index (Phi) is 5.04. The normalized spacial score (nSPS) is 58.9. The summed E-state index contributed by atoms with van der Waals surface area (Å²) >= 11 is 3.81. The van der Waals surface area contributed by atoms with E-state index in [2.05, 4.69) is 50.5 Å². The molecule has 1 saturated heterocycles. The maximum absolute atomic E-state index is 13.2. The van der Waals surface area contributed by atoms with Crippen LogP contribution in [0, 0.1) is 44.8 Å². The molecule has 11 atom stereocenters. The predicted octanol–water partition coefficient (Wildman–Crippen LogP) is 6.05. The molecule has 0 radical (unpaired) electrons. The molecule has 2 spiro atoms. The maximum Gasteiger partial charge on any atom is 0.152 e. The van der Waals surface area contributed by atoms with Crippen molar-refractivity contribution in [2.45, 2.75) is 134 Å². The molecule has 35 heavy (non-hydrogen) atoms. The zero-order chi connectivity index (χ0) is 25.6. The van der Waals surface area contributed by atoms with Crippen LogP contribution in [-0.2, 0) is 9.53 Å². The second-order valence-corrected chi connectivity index (χ2v) is 16.7. The highest BCUT2D eigenvalue weighted by Gasteiger charge is 2.84. The largest absolute Gasteiger partial charge is 0.393 e. The van der Waals surface area contributed by atoms with Gasteiger partial charge in [-0.05, 0) is 112 Å². The number of carbonyl (C=O) groups is 1. The smallest absolute Gasteiger partial charge is 0.152 e. The van der Waals surface area contributed by atoms with Gasteiger partial charge in [0, 0.05) is 11.3 Å². The van der Waals surface area contributed by atoms with Gasteiger partial charge in [0.15, 0.2) is 5.78 Å². The summed E-state index contributed by atoms with van der Waals surface area (Å²) in [7, 11) is 0. The predicted molar refractivity (Wildman–Crippen MR) is 140 cm³/mol. The molecule has 2 N–H and O–H groups in total. The third-order valence-corrected chi connectivity index (χ3v) is 14.3. The van der Waals surface area contributed by atoms with E-state index >= 15 is 0 Å². The summed E-state index contributed by atoms with van der Waals surface area (Å²) < 4.78 is 6.68. The summed E-state index contributed by atoms with van der Waals surface area (Å²) in [4.78, 5) is 13.2. The minimum Gasteiger partial charge on any atom is -0.393 e. The number of aliphatic hydroxyl groups excluding tert-OH is 1. The SMILES string of the molecule is CC1(C2[C@@H](O)C[C@@]3(C)[C@@H]4CC[C@H]5C(C)(C)C(=O)[C@H](Br)C[C@@]56C[C@@]46CC[C@]23C)CC[C@@H](C(C)(C)O)O1. The summed E-state index contributed by atoms with van der Waals surface area (Å²) in [6.45, 7) is 15.3. The molecule has 1 heterocycles. The van der Waals surface area contributed by atoms with E-state index in [-0.39, 0.29) is 44.6 Å². The third kappa shape index (κ3) is 2.83. The van der Waals surface area contributed by atoms with E-state index in [0.717, 1.165) is 38.5 Å². The molecule has 5 heteroatoms. The Morgan fingerprint density at radius 3 is 2.20 bits per heavy atom. The first-order chi connectivity index (χ1) is 16.0. The van der Waals surface area contributed by atoms with Gasteiger partial charge in [0.25, 0.3) is 0 Å². The number of aliphatic hydroxyl groups is 2. The molecule has 2 unspecified atom stereocenters. The van der Waals surface area contributed by atoms with Gasteiger partial charge in [-0.25, -0.2) is 0 Å². The van der Waals surface area contributed by atoms with Crippen molar-refractivity contribution in [3.05, 3.63) is 0 Å². The number of Topliss-reactive ketones (excluding diaryl/α,β-unsaturated/α-hetero) is 1. The number of ketones is 1. The maximum atomic E-state index is 13.2. The zero-order valence-electron chi connectivity index (χ0n) is 22.9. The van der Waals surface area contributed by atoms with Gasteiger partial charge in [0.2, 0.25) is 0 Å². The number of carbonyl (C=O) groups excluding carboxylic acids is 1. The van der Waals surface area contributed by atoms with E-state index in [1.807, 2.05) is 13.8 Å². The van der Waals surface area contributed by atoms with Crippen LogP contribution in [0.3, 0.4) is 0 Å². The first-order valence-electron chi connectivity index (χ1n) is 14.3. The van der Waals surface area contributed by atoms with Gasteiger partial charge in [-0.2, -0.15) is 0 Å². The monoisotopic (exact) mass is 550 g/mol. The summed E-state index contributed by atoms with van der Waals surface area (Å²) in [5, 5.41) is 22.4. The number of hydrogen-bond acceptors (Lipinski definition) is 4. The molecule has 6 rings (SSSR count). The average molecular weight is 552 g/mol. The van der Waals surface area contributed by atoms with E-state index in [1.165, 1.54) is 19.3 Å². The van der Waals surface area contributed by atoms with Gasteiger partial charge in [0.1, 0.15) is 0 Å². The summed E-state index contributed by atoms with van der Waals surface area (Å²) in [5.41, 5.74) is -0.827. The second-order valence-electron chi connectivity index (χ2n) is 15.6. The quantitative estimate of drug-likeness (QED) is 0.411. The van der Waals surface area contributed by atoms with Crippen LogP contribution in [0.1, 0.15) is 106 Å². The van der Waals surface area contributed by atoms with Crippen LogP contribution in [0.15, 0.2) is 0 Å². The Hall–Kier alpha value is 0.0300. The Labute approximate surface area is 220 Å². The van der Waals surface area contributed by atoms with Crippen LogP contribution in [0.5, 0.6) is 0 Å². The van der Waals surface area contributed by atoms with Crippen molar-refractivity contribution in [1.82, 2.24) is 0 Å². The highest BCUT2D eigenvalue weighted by Crippen LogP contribution is 2.89. The lowest BCUT2D eigenvalue weighted by Gasteiger charge is -2.63. The minimum absolute atomic E-state index is 0.00992. The highest BCUT2D eigenvalue weighted by molar-refractivity contribution is 9.10. The molecule has 0 aromatic rings. The van der Waals surface area contributed by atoms with E-state index in [9.17, 15) is 15.0 Å². The van der Waals surface area contributed by atoms with Crippen molar-refractivity contribution in [1.29, 1.82) is 0 Å². The molecular weight excluding hydrogens is 504 g/mol. The summed E-state index contributed by atoms with van der Waals surface area (Å²) in [5.74, 6) is 1.59. The van der Waals surface area contributed by atoms with E-state index in [4.69, 9.17) is 4.74 Å². The number of alkyl halides is 1. The molecule has 198 valence electrons. The van der Waals surface area contributed by atoms with E-state index in [1.54, 1.807) is 0 Å². The molecule has 0 amide bonds. The van der Waals surface area contributed by atoms with Crippen LogP contribution in [0.4, 0.5) is 0 Å². The lowest BCUT2D eigenvalue weighted by molar-refractivity contribution is -0.192. The molecule has 5 aliphatic carbocycles. The Balaban J connectivity index is 1.35. The molecule has 5 saturated carbocycles. The molecule has 1 aliphatic heterocycles. The van der Waals surface area contributed by atoms with Crippen molar-refractivity contribution in [2.75, 3.05) is 0 Å². The third-order valence-electron chi connectivity index (χ3n) is 13.5. The first kappa shape index (κ1) is 25.3. The highest BCUT2D eigenvalue weighted by atomic mass is 79.9. The van der Waals surface area contributed by atoms with Crippen molar-refractivity contribution >= 4 is 21.7 Å². The molecule has 6 fully saturated rings. The average Bonchev–Trinajstić information content (AvgIpc) is 3.10. The molecule has 6 aliphatic rings. The van der Waals surface area contributed by atoms with Crippen LogP contribution >= 0.6 is 15.9 Å². The number of fused-ring (bicyclic) bond motifs is 2. The Morgan fingerprint density at radius 1 is 0.914 bits per heavy atom. The fraction of sp³-hybridized carbons (Fsp3) is 0.967. The minimum atomic E-state index is -0.863. The number of halogens is 1. The van der Waals surface area contributed by atoms with Gasteiger partial charge in [0.05, 0.1) is 28.2 Å². The van der Waals surface area contributed by atoms with Crippen LogP contribution in [0.2, 0.25) is 0 Å². The molecule has 4 nitrogen and oxygen atoms in total. The standard InChI is InChI=1S/C30H47BrO4/c1-24(2)19-8-9-20-27(6)15-18(32)22(28(7)11-10-21(35-28)25(3,4)34)26(27,5)12-13-29(20)16-30(19,29)14-17(31)23(24)33/h17-22,32,34H,8-16H2,1-7H3/t17-,18+,19+,20+,21+,22?,26-,27+,28?,29+,30-/m1/s1. The summed E-state index contributed by atoms with van der Waals surface area (Å²) in [6.07, 6.45) is 9.02. The van der Waals surface area contributed by atoms with Crippen LogP contribution in [-0.4, -0.2) is 44.2 Å². The van der Waals surface area contributed by atoms with E-state index < -0.39 is 11.2 Å². The number of ether oxygens (including phenoxy) is 1. The Bertz CT molecular complexity index is 956. The van der Waals surface area contributed by atoms with Gasteiger partial charge in [-0.3, -0.25) is 4.79 Å². The molecule has 0 aromatic carbocycles. The van der Waals surface area contributed by atoms with Gasteiger partial charge >= 0.3 is 0 Å². The fourth-order valence-corrected chi connectivity index (χ4v) is 13.1. The van der Waals surface area contributed by atoms with Gasteiger partial charge < -0.3 is 14.9 Å². The molecule has 0 bridgehead atoms. The molecular formula is C30H47BrO4. The van der Waals surface area contributed by atoms with Crippen LogP contribution < -0.4 is 0 Å². The zero-order valence-corrected chi connectivity index (χ0v) is 24.5. The molecule has 0 aromatic heterocycles. The van der Waals surface area contributed by atoms with Crippen LogP contribution in [0.25, 0.3) is 0 Å². The van der Waals surface area contributed by atoms with Crippen molar-refractivity contribution in [3.63, 3.8) is 0 Å². The summed E-state index contributed by atoms with van der Waals surface area (Å²) in [6, 6.07) is 0. The van der Waals surface area contributed by atoms with Gasteiger partial charge in [-0.15, -0.1) is 0 Å². The second kappa shape index (κ2) is 6.96. The Morgan fingerprint density at radius 2 is 1.57 bits per heavy atom. The number of hydrogen-bond donors (Lipinski definition) is 2. The first-order valence-corrected chi connectivity index (χ1v) is 15.2. The van der Waals surface area contributed by atoms with E-state index in [0.29, 0.717) is 23.0 Å². The van der Waals surface area contributed by atoms with Crippen molar-refractivity contribution in [2.24, 2.45) is 44.8 Å². The van der Waals surface area contributed by atoms with Crippen molar-refractivity contribution in [3.8, 4) is 0 Å². The topological polar surface area (TPSA) is 66.8 Å². The number of rotatable bonds is 2. The fourth-order valence-electron chi connectivity index (χ4n) is 11.9. The van der Waals surface area contributed by atoms with Gasteiger partial charge in [-0.1, -0.05) is 43.6 Å². The van der Waals surface area contributed by atoms with Crippen molar-refractivity contribution < 1.29 is 19.7 Å².